The summed E-state index contributed by atoms with van der Waals surface area (Å²) in [6, 6.07) is 1.63. The van der Waals surface area contributed by atoms with Crippen LogP contribution in [-0.2, 0) is 6.18 Å². The van der Waals surface area contributed by atoms with Crippen LogP contribution in [0.3, 0.4) is 0 Å². The van der Waals surface area contributed by atoms with Gasteiger partial charge in [-0.2, -0.15) is 13.2 Å². The molecular weight excluding hydrogens is 250 g/mol. The summed E-state index contributed by atoms with van der Waals surface area (Å²) in [6.45, 7) is 4.93. The molecule has 0 spiro atoms. The second-order valence-corrected chi connectivity index (χ2v) is 4.71. The van der Waals surface area contributed by atoms with Crippen LogP contribution in [-0.4, -0.2) is 27.8 Å². The average Bonchev–Trinajstić information content (AvgIpc) is 2.12. The summed E-state index contributed by atoms with van der Waals surface area (Å²) in [6.07, 6.45) is -4.68. The number of alkyl halides is 3. The standard InChI is InChI=1S/C10H13BF3NO3/c1-9(2,3)18-8-5-6(11(16)17)4-7(15-8)10(12,13)14/h4-5,16-17H,1-3H3. The van der Waals surface area contributed by atoms with E-state index in [9.17, 15) is 13.2 Å². The number of nitrogens with zero attached hydrogens (tertiary/aromatic N) is 1. The second-order valence-electron chi connectivity index (χ2n) is 4.71. The molecule has 0 radical (unpaired) electrons. The van der Waals surface area contributed by atoms with E-state index < -0.39 is 24.6 Å². The highest BCUT2D eigenvalue weighted by Gasteiger charge is 2.34. The quantitative estimate of drug-likeness (QED) is 0.780. The highest BCUT2D eigenvalue weighted by molar-refractivity contribution is 6.58. The molecule has 8 heteroatoms. The summed E-state index contributed by atoms with van der Waals surface area (Å²) in [4.78, 5) is 3.30. The van der Waals surface area contributed by atoms with Crippen molar-refractivity contribution in [3.8, 4) is 5.88 Å². The molecule has 0 atom stereocenters. The Bertz CT molecular complexity index is 429. The molecule has 0 unspecified atom stereocenters. The first-order valence-corrected chi connectivity index (χ1v) is 5.13. The van der Waals surface area contributed by atoms with E-state index in [4.69, 9.17) is 14.8 Å². The molecule has 0 saturated carbocycles. The molecule has 0 aromatic carbocycles. The SMILES string of the molecule is CC(C)(C)Oc1cc(B(O)O)cc(C(F)(F)F)n1. The first-order chi connectivity index (χ1) is 7.99. The van der Waals surface area contributed by atoms with Gasteiger partial charge in [0.15, 0.2) is 0 Å². The van der Waals surface area contributed by atoms with Crippen LogP contribution in [0.2, 0.25) is 0 Å². The zero-order valence-electron chi connectivity index (χ0n) is 10.1. The normalized spacial score (nSPS) is 12.4. The van der Waals surface area contributed by atoms with E-state index in [2.05, 4.69) is 4.98 Å². The number of halogens is 3. The van der Waals surface area contributed by atoms with Crippen LogP contribution in [0.25, 0.3) is 0 Å². The largest absolute Gasteiger partial charge is 0.488 e. The van der Waals surface area contributed by atoms with Crippen LogP contribution in [0.4, 0.5) is 13.2 Å². The van der Waals surface area contributed by atoms with Crippen molar-refractivity contribution in [2.45, 2.75) is 32.5 Å². The van der Waals surface area contributed by atoms with Gasteiger partial charge in [-0.15, -0.1) is 0 Å². The number of rotatable bonds is 2. The summed E-state index contributed by atoms with van der Waals surface area (Å²) in [5.74, 6) is -0.305. The minimum atomic E-state index is -4.68. The number of pyridine rings is 1. The summed E-state index contributed by atoms with van der Waals surface area (Å²) < 4.78 is 42.9. The Morgan fingerprint density at radius 1 is 1.17 bits per heavy atom. The molecular formula is C10H13BF3NO3. The van der Waals surface area contributed by atoms with Gasteiger partial charge >= 0.3 is 13.3 Å². The molecule has 18 heavy (non-hydrogen) atoms. The van der Waals surface area contributed by atoms with Crippen molar-refractivity contribution in [2.75, 3.05) is 0 Å². The lowest BCUT2D eigenvalue weighted by Gasteiger charge is -2.21. The Morgan fingerprint density at radius 2 is 1.72 bits per heavy atom. The van der Waals surface area contributed by atoms with Crippen molar-refractivity contribution >= 4 is 12.6 Å². The number of hydrogen-bond acceptors (Lipinski definition) is 4. The molecule has 0 aliphatic carbocycles. The van der Waals surface area contributed by atoms with Gasteiger partial charge < -0.3 is 14.8 Å². The number of hydrogen-bond donors (Lipinski definition) is 2. The van der Waals surface area contributed by atoms with Crippen LogP contribution in [0.15, 0.2) is 12.1 Å². The van der Waals surface area contributed by atoms with Gasteiger partial charge in [-0.1, -0.05) is 0 Å². The van der Waals surface area contributed by atoms with Crippen molar-refractivity contribution in [2.24, 2.45) is 0 Å². The molecule has 0 amide bonds. The zero-order valence-corrected chi connectivity index (χ0v) is 10.1. The smallest absolute Gasteiger partial charge is 0.472 e. The van der Waals surface area contributed by atoms with Crippen LogP contribution >= 0.6 is 0 Å². The van der Waals surface area contributed by atoms with Crippen molar-refractivity contribution in [1.82, 2.24) is 4.98 Å². The van der Waals surface area contributed by atoms with E-state index in [1.165, 1.54) is 0 Å². The predicted molar refractivity (Wildman–Crippen MR) is 59.4 cm³/mol. The maximum absolute atomic E-state index is 12.6. The lowest BCUT2D eigenvalue weighted by atomic mass is 9.80. The zero-order chi connectivity index (χ0) is 14.1. The van der Waals surface area contributed by atoms with E-state index in [1.807, 2.05) is 0 Å². The molecule has 1 heterocycles. The summed E-state index contributed by atoms with van der Waals surface area (Å²) in [5, 5.41) is 17.9. The molecule has 0 aliphatic rings. The summed E-state index contributed by atoms with van der Waals surface area (Å²) >= 11 is 0. The van der Waals surface area contributed by atoms with Crippen molar-refractivity contribution in [3.63, 3.8) is 0 Å². The van der Waals surface area contributed by atoms with Crippen LogP contribution in [0.1, 0.15) is 26.5 Å². The Balaban J connectivity index is 3.23. The Morgan fingerprint density at radius 3 is 2.11 bits per heavy atom. The minimum absolute atomic E-state index is 0.305. The van der Waals surface area contributed by atoms with Crippen molar-refractivity contribution < 1.29 is 28.0 Å². The number of aromatic nitrogens is 1. The average molecular weight is 263 g/mol. The van der Waals surface area contributed by atoms with Gasteiger partial charge in [0.1, 0.15) is 11.3 Å². The van der Waals surface area contributed by atoms with Gasteiger partial charge in [0, 0.05) is 6.07 Å². The van der Waals surface area contributed by atoms with Crippen molar-refractivity contribution in [3.05, 3.63) is 17.8 Å². The fourth-order valence-corrected chi connectivity index (χ4v) is 1.19. The predicted octanol–water partition coefficient (Wildman–Crippen LogP) is 0.957. The molecule has 0 aliphatic heterocycles. The summed E-state index contributed by atoms with van der Waals surface area (Å²) in [5.41, 5.74) is -2.29. The lowest BCUT2D eigenvalue weighted by Crippen LogP contribution is -2.33. The maximum atomic E-state index is 12.6. The topological polar surface area (TPSA) is 62.6 Å². The lowest BCUT2D eigenvalue weighted by molar-refractivity contribution is -0.141. The van der Waals surface area contributed by atoms with Gasteiger partial charge in [-0.25, -0.2) is 4.98 Å². The van der Waals surface area contributed by atoms with Crippen LogP contribution in [0, 0.1) is 0 Å². The maximum Gasteiger partial charge on any atom is 0.488 e. The van der Waals surface area contributed by atoms with Gasteiger partial charge in [0.25, 0.3) is 0 Å². The molecule has 100 valence electrons. The van der Waals surface area contributed by atoms with E-state index in [-0.39, 0.29) is 11.3 Å². The van der Waals surface area contributed by atoms with Crippen LogP contribution in [0.5, 0.6) is 5.88 Å². The summed E-state index contributed by atoms with van der Waals surface area (Å²) in [7, 11) is -2.02. The molecule has 0 bridgehead atoms. The van der Waals surface area contributed by atoms with Gasteiger partial charge in [0.2, 0.25) is 5.88 Å². The van der Waals surface area contributed by atoms with E-state index in [0.29, 0.717) is 6.07 Å². The molecule has 0 fully saturated rings. The van der Waals surface area contributed by atoms with Gasteiger partial charge in [0.05, 0.1) is 0 Å². The third-order valence-corrected chi connectivity index (χ3v) is 1.82. The molecule has 2 N–H and O–H groups in total. The van der Waals surface area contributed by atoms with E-state index in [0.717, 1.165) is 6.07 Å². The fourth-order valence-electron chi connectivity index (χ4n) is 1.19. The van der Waals surface area contributed by atoms with E-state index >= 15 is 0 Å². The molecule has 1 rings (SSSR count). The van der Waals surface area contributed by atoms with Gasteiger partial charge in [-0.3, -0.25) is 0 Å². The molecule has 0 saturated heterocycles. The second kappa shape index (κ2) is 4.77. The molecule has 1 aromatic heterocycles. The highest BCUT2D eigenvalue weighted by atomic mass is 19.4. The monoisotopic (exact) mass is 263 g/mol. The van der Waals surface area contributed by atoms with E-state index in [1.54, 1.807) is 20.8 Å². The first kappa shape index (κ1) is 14.8. The fraction of sp³-hybridized carbons (Fsp3) is 0.500. The van der Waals surface area contributed by atoms with Crippen molar-refractivity contribution in [1.29, 1.82) is 0 Å². The molecule has 1 aromatic rings. The third-order valence-electron chi connectivity index (χ3n) is 1.82. The Labute approximate surface area is 103 Å². The Hall–Kier alpha value is -1.28. The minimum Gasteiger partial charge on any atom is -0.472 e. The van der Waals surface area contributed by atoms with Gasteiger partial charge in [-0.05, 0) is 32.3 Å². The Kier molecular flexibility index (Phi) is 3.92. The first-order valence-electron chi connectivity index (χ1n) is 5.13. The molecule has 4 nitrogen and oxygen atoms in total. The highest BCUT2D eigenvalue weighted by Crippen LogP contribution is 2.28. The van der Waals surface area contributed by atoms with Crippen LogP contribution < -0.4 is 10.2 Å². The number of ether oxygens (including phenoxy) is 1. The third kappa shape index (κ3) is 4.19.